The molecule has 0 aliphatic heterocycles. The summed E-state index contributed by atoms with van der Waals surface area (Å²) in [5.41, 5.74) is 0.967. The summed E-state index contributed by atoms with van der Waals surface area (Å²) in [5, 5.41) is 2.85. The number of carbonyl (C=O) groups excluding carboxylic acids is 1. The van der Waals surface area contributed by atoms with E-state index in [1.54, 1.807) is 43.5 Å². The highest BCUT2D eigenvalue weighted by Crippen LogP contribution is 2.31. The van der Waals surface area contributed by atoms with Gasteiger partial charge in [-0.2, -0.15) is 0 Å². The molecule has 3 aromatic carbocycles. The van der Waals surface area contributed by atoms with Gasteiger partial charge in [-0.25, -0.2) is 0 Å². The normalized spacial score (nSPS) is 10.2. The number of carbonyl (C=O) groups is 1. The van der Waals surface area contributed by atoms with E-state index in [4.69, 9.17) is 23.7 Å². The van der Waals surface area contributed by atoms with Gasteiger partial charge < -0.3 is 29.0 Å². The molecular formula is C25H27NO6. The van der Waals surface area contributed by atoms with Crippen molar-refractivity contribution in [1.82, 2.24) is 0 Å². The molecule has 1 amide bonds. The summed E-state index contributed by atoms with van der Waals surface area (Å²) in [6.45, 7) is 3.03. The minimum absolute atomic E-state index is 0.298. The van der Waals surface area contributed by atoms with E-state index >= 15 is 0 Å². The minimum atomic E-state index is -0.298. The van der Waals surface area contributed by atoms with Gasteiger partial charge in [0.2, 0.25) is 0 Å². The number of methoxy groups -OCH3 is 2. The maximum absolute atomic E-state index is 12.8. The fourth-order valence-corrected chi connectivity index (χ4v) is 2.96. The molecule has 0 unspecified atom stereocenters. The van der Waals surface area contributed by atoms with Crippen LogP contribution in [0.5, 0.6) is 28.7 Å². The van der Waals surface area contributed by atoms with Crippen molar-refractivity contribution in [2.75, 3.05) is 39.4 Å². The monoisotopic (exact) mass is 437 g/mol. The van der Waals surface area contributed by atoms with Crippen LogP contribution in [0.1, 0.15) is 17.3 Å². The molecule has 0 aliphatic rings. The van der Waals surface area contributed by atoms with Crippen LogP contribution in [0.15, 0.2) is 66.7 Å². The smallest absolute Gasteiger partial charge is 0.255 e. The summed E-state index contributed by atoms with van der Waals surface area (Å²) in [7, 11) is 3.10. The Balaban J connectivity index is 1.66. The summed E-state index contributed by atoms with van der Waals surface area (Å²) in [4.78, 5) is 12.8. The Labute approximate surface area is 187 Å². The first kappa shape index (κ1) is 22.8. The Morgan fingerprint density at radius 1 is 0.750 bits per heavy atom. The first-order valence-electron chi connectivity index (χ1n) is 10.3. The lowest BCUT2D eigenvalue weighted by molar-refractivity contribution is 0.102. The number of para-hydroxylation sites is 1. The third-order valence-corrected chi connectivity index (χ3v) is 4.52. The molecule has 32 heavy (non-hydrogen) atoms. The van der Waals surface area contributed by atoms with Crippen molar-refractivity contribution in [3.8, 4) is 28.7 Å². The molecule has 1 N–H and O–H groups in total. The fraction of sp³-hybridized carbons (Fsp3) is 0.240. The summed E-state index contributed by atoms with van der Waals surface area (Å²) < 4.78 is 27.7. The Morgan fingerprint density at radius 2 is 1.53 bits per heavy atom. The van der Waals surface area contributed by atoms with Crippen LogP contribution in [0, 0.1) is 0 Å². The molecule has 7 nitrogen and oxygen atoms in total. The number of rotatable bonds is 11. The van der Waals surface area contributed by atoms with Crippen molar-refractivity contribution in [2.45, 2.75) is 6.92 Å². The zero-order valence-corrected chi connectivity index (χ0v) is 18.4. The molecule has 0 spiro atoms. The molecule has 0 heterocycles. The number of hydrogen-bond acceptors (Lipinski definition) is 6. The number of anilines is 1. The molecule has 0 aromatic heterocycles. The lowest BCUT2D eigenvalue weighted by Crippen LogP contribution is -2.14. The highest BCUT2D eigenvalue weighted by Gasteiger charge is 2.14. The first-order valence-corrected chi connectivity index (χ1v) is 10.3. The second-order valence-electron chi connectivity index (χ2n) is 6.62. The molecule has 3 rings (SSSR count). The highest BCUT2D eigenvalue weighted by molar-refractivity contribution is 6.05. The molecule has 0 fully saturated rings. The van der Waals surface area contributed by atoms with Gasteiger partial charge in [0.05, 0.1) is 26.5 Å². The van der Waals surface area contributed by atoms with Crippen molar-refractivity contribution in [3.63, 3.8) is 0 Å². The van der Waals surface area contributed by atoms with Crippen LogP contribution >= 0.6 is 0 Å². The molecule has 0 atom stereocenters. The standard InChI is InChI=1S/C25H27NO6/c1-4-30-24-16-18(25(27)26-21-12-11-20(28-2)17-23(21)29-3)10-13-22(24)32-15-14-31-19-8-6-5-7-9-19/h5-13,16-17H,4,14-15H2,1-3H3,(H,26,27). The molecule has 0 saturated heterocycles. The van der Waals surface area contributed by atoms with Gasteiger partial charge in [0.1, 0.15) is 30.5 Å². The third kappa shape index (κ3) is 6.07. The topological polar surface area (TPSA) is 75.3 Å². The molecule has 168 valence electrons. The number of benzene rings is 3. The Kier molecular flexibility index (Phi) is 8.20. The van der Waals surface area contributed by atoms with E-state index in [0.29, 0.717) is 54.1 Å². The fourth-order valence-electron chi connectivity index (χ4n) is 2.96. The maximum Gasteiger partial charge on any atom is 0.255 e. The molecular weight excluding hydrogens is 410 g/mol. The van der Waals surface area contributed by atoms with Gasteiger partial charge >= 0.3 is 0 Å². The van der Waals surface area contributed by atoms with Crippen molar-refractivity contribution in [1.29, 1.82) is 0 Å². The third-order valence-electron chi connectivity index (χ3n) is 4.52. The van der Waals surface area contributed by atoms with E-state index < -0.39 is 0 Å². The van der Waals surface area contributed by atoms with Crippen LogP contribution in [0.2, 0.25) is 0 Å². The zero-order chi connectivity index (χ0) is 22.8. The Morgan fingerprint density at radius 3 is 2.25 bits per heavy atom. The molecule has 0 radical (unpaired) electrons. The van der Waals surface area contributed by atoms with Crippen molar-refractivity contribution >= 4 is 11.6 Å². The van der Waals surface area contributed by atoms with E-state index in [9.17, 15) is 4.79 Å². The number of hydrogen-bond donors (Lipinski definition) is 1. The van der Waals surface area contributed by atoms with Crippen LogP contribution < -0.4 is 29.0 Å². The Bertz CT molecular complexity index is 1020. The van der Waals surface area contributed by atoms with Gasteiger partial charge in [-0.1, -0.05) is 18.2 Å². The molecule has 0 saturated carbocycles. The van der Waals surface area contributed by atoms with E-state index in [-0.39, 0.29) is 5.91 Å². The van der Waals surface area contributed by atoms with Gasteiger partial charge in [0.25, 0.3) is 5.91 Å². The summed E-state index contributed by atoms with van der Waals surface area (Å²) in [6.07, 6.45) is 0. The van der Waals surface area contributed by atoms with Gasteiger partial charge in [-0.3, -0.25) is 4.79 Å². The predicted molar refractivity (Wildman–Crippen MR) is 123 cm³/mol. The lowest BCUT2D eigenvalue weighted by Gasteiger charge is -2.15. The maximum atomic E-state index is 12.8. The molecule has 3 aromatic rings. The van der Waals surface area contributed by atoms with Crippen molar-refractivity contribution in [3.05, 3.63) is 72.3 Å². The largest absolute Gasteiger partial charge is 0.497 e. The first-order chi connectivity index (χ1) is 15.6. The average molecular weight is 437 g/mol. The average Bonchev–Trinajstić information content (AvgIpc) is 2.83. The van der Waals surface area contributed by atoms with E-state index in [0.717, 1.165) is 5.75 Å². The predicted octanol–water partition coefficient (Wildman–Crippen LogP) is 4.81. The Hall–Kier alpha value is -3.87. The van der Waals surface area contributed by atoms with Crippen LogP contribution in [0.4, 0.5) is 5.69 Å². The second-order valence-corrected chi connectivity index (χ2v) is 6.62. The molecule has 0 bridgehead atoms. The molecule has 7 heteroatoms. The highest BCUT2D eigenvalue weighted by atomic mass is 16.5. The summed E-state index contributed by atoms with van der Waals surface area (Å²) >= 11 is 0. The quantitative estimate of drug-likeness (QED) is 0.434. The van der Waals surface area contributed by atoms with Crippen LogP contribution in [-0.4, -0.2) is 39.9 Å². The van der Waals surface area contributed by atoms with Gasteiger partial charge in [-0.15, -0.1) is 0 Å². The molecule has 0 aliphatic carbocycles. The zero-order valence-electron chi connectivity index (χ0n) is 18.4. The minimum Gasteiger partial charge on any atom is -0.497 e. The summed E-state index contributed by atoms with van der Waals surface area (Å²) in [5.74, 6) is 2.65. The second kappa shape index (κ2) is 11.5. The van der Waals surface area contributed by atoms with Gasteiger partial charge in [0.15, 0.2) is 11.5 Å². The lowest BCUT2D eigenvalue weighted by atomic mass is 10.1. The van der Waals surface area contributed by atoms with Crippen molar-refractivity contribution in [2.24, 2.45) is 0 Å². The summed E-state index contributed by atoms with van der Waals surface area (Å²) in [6, 6.07) is 19.8. The van der Waals surface area contributed by atoms with E-state index in [2.05, 4.69) is 5.32 Å². The number of ether oxygens (including phenoxy) is 5. The van der Waals surface area contributed by atoms with E-state index in [1.165, 1.54) is 7.11 Å². The number of nitrogens with one attached hydrogen (secondary N) is 1. The van der Waals surface area contributed by atoms with Crippen LogP contribution in [-0.2, 0) is 0 Å². The van der Waals surface area contributed by atoms with Gasteiger partial charge in [-0.05, 0) is 49.4 Å². The van der Waals surface area contributed by atoms with Crippen LogP contribution in [0.25, 0.3) is 0 Å². The van der Waals surface area contributed by atoms with Crippen LogP contribution in [0.3, 0.4) is 0 Å². The van der Waals surface area contributed by atoms with Gasteiger partial charge in [0, 0.05) is 11.6 Å². The SMILES string of the molecule is CCOc1cc(C(=O)Nc2ccc(OC)cc2OC)ccc1OCCOc1ccccc1. The van der Waals surface area contributed by atoms with Crippen molar-refractivity contribution < 1.29 is 28.5 Å². The number of amides is 1. The van der Waals surface area contributed by atoms with E-state index in [1.807, 2.05) is 37.3 Å².